The molecule has 0 saturated heterocycles. The van der Waals surface area contributed by atoms with Crippen LogP contribution in [0.5, 0.6) is 0 Å². The summed E-state index contributed by atoms with van der Waals surface area (Å²) in [5.41, 5.74) is 1.63. The molecule has 0 saturated carbocycles. The Morgan fingerprint density at radius 3 is 2.18 bits per heavy atom. The lowest BCUT2D eigenvalue weighted by molar-refractivity contribution is 0.0527. The summed E-state index contributed by atoms with van der Waals surface area (Å²) < 4.78 is 23.7. The molecule has 0 unspecified atom stereocenters. The lowest BCUT2D eigenvalue weighted by Gasteiger charge is -2.24. The highest BCUT2D eigenvalue weighted by molar-refractivity contribution is 6.09. The molecule has 7 heteroatoms. The fraction of sp³-hybridized carbons (Fsp3) is 0.381. The Morgan fingerprint density at radius 2 is 1.71 bits per heavy atom. The minimum Gasteiger partial charge on any atom is -0.465 e. The summed E-state index contributed by atoms with van der Waals surface area (Å²) in [6, 6.07) is 5.58. The van der Waals surface area contributed by atoms with Crippen molar-refractivity contribution in [1.29, 1.82) is 0 Å². The van der Waals surface area contributed by atoms with E-state index in [0.717, 1.165) is 0 Å². The molecule has 0 N–H and O–H groups in total. The first-order valence-corrected chi connectivity index (χ1v) is 8.99. The van der Waals surface area contributed by atoms with Crippen LogP contribution >= 0.6 is 0 Å². The standard InChI is InChI=1S/C21H25FN2O4/c1-7-28-21(26)17-15(13-8-10-14(22)11-9-13)16(20(25)27-6)18(12(2)3)23-19(17)24(4)5/h8-12H,7H2,1-6H3. The number of carbonyl (C=O) groups excluding carboxylic acids is 2. The van der Waals surface area contributed by atoms with Gasteiger partial charge in [-0.15, -0.1) is 0 Å². The van der Waals surface area contributed by atoms with Crippen LogP contribution in [0, 0.1) is 5.82 Å². The van der Waals surface area contributed by atoms with E-state index in [-0.39, 0.29) is 23.7 Å². The number of aromatic nitrogens is 1. The molecule has 1 heterocycles. The van der Waals surface area contributed by atoms with E-state index in [9.17, 15) is 14.0 Å². The van der Waals surface area contributed by atoms with E-state index in [1.807, 2.05) is 13.8 Å². The third-order valence-corrected chi connectivity index (χ3v) is 4.18. The first kappa shape index (κ1) is 21.3. The van der Waals surface area contributed by atoms with Crippen LogP contribution in [0.3, 0.4) is 0 Å². The van der Waals surface area contributed by atoms with Gasteiger partial charge in [0.05, 0.1) is 25.0 Å². The summed E-state index contributed by atoms with van der Waals surface area (Å²) in [5.74, 6) is -1.41. The van der Waals surface area contributed by atoms with E-state index in [1.165, 1.54) is 31.4 Å². The lowest BCUT2D eigenvalue weighted by atomic mass is 9.90. The molecule has 0 bridgehead atoms. The number of rotatable bonds is 6. The van der Waals surface area contributed by atoms with Crippen LogP contribution in [-0.4, -0.2) is 44.7 Å². The number of anilines is 1. The number of halogens is 1. The Morgan fingerprint density at radius 1 is 1.11 bits per heavy atom. The van der Waals surface area contributed by atoms with E-state index in [4.69, 9.17) is 9.47 Å². The summed E-state index contributed by atoms with van der Waals surface area (Å²) in [6.07, 6.45) is 0. The largest absolute Gasteiger partial charge is 0.465 e. The maximum Gasteiger partial charge on any atom is 0.342 e. The molecule has 2 aromatic rings. The van der Waals surface area contributed by atoms with Crippen LogP contribution < -0.4 is 4.90 Å². The average Bonchev–Trinajstić information content (AvgIpc) is 2.66. The number of esters is 2. The van der Waals surface area contributed by atoms with Gasteiger partial charge in [-0.1, -0.05) is 26.0 Å². The normalized spacial score (nSPS) is 10.7. The van der Waals surface area contributed by atoms with Crippen LogP contribution in [0.25, 0.3) is 11.1 Å². The summed E-state index contributed by atoms with van der Waals surface area (Å²) >= 11 is 0. The van der Waals surface area contributed by atoms with Gasteiger partial charge in [-0.25, -0.2) is 19.0 Å². The first-order valence-electron chi connectivity index (χ1n) is 8.99. The molecule has 0 aliphatic heterocycles. The van der Waals surface area contributed by atoms with Gasteiger partial charge in [-0.05, 0) is 30.5 Å². The Labute approximate surface area is 164 Å². The molecular weight excluding hydrogens is 363 g/mol. The number of ether oxygens (including phenoxy) is 2. The molecule has 0 aliphatic rings. The smallest absolute Gasteiger partial charge is 0.342 e. The van der Waals surface area contributed by atoms with E-state index in [1.54, 1.807) is 25.9 Å². The van der Waals surface area contributed by atoms with Gasteiger partial charge in [0, 0.05) is 19.7 Å². The molecule has 0 atom stereocenters. The Hall–Kier alpha value is -2.96. The van der Waals surface area contributed by atoms with Crippen LogP contribution in [0.2, 0.25) is 0 Å². The summed E-state index contributed by atoms with van der Waals surface area (Å²) in [6.45, 7) is 5.65. The molecule has 1 aromatic carbocycles. The average molecular weight is 388 g/mol. The molecule has 2 rings (SSSR count). The monoisotopic (exact) mass is 388 g/mol. The van der Waals surface area contributed by atoms with Crippen molar-refractivity contribution >= 4 is 17.8 Å². The van der Waals surface area contributed by atoms with Gasteiger partial charge in [0.15, 0.2) is 0 Å². The highest BCUT2D eigenvalue weighted by atomic mass is 19.1. The van der Waals surface area contributed by atoms with Crippen molar-refractivity contribution in [2.45, 2.75) is 26.7 Å². The SMILES string of the molecule is CCOC(=O)c1c(N(C)C)nc(C(C)C)c(C(=O)OC)c1-c1ccc(F)cc1. The number of hydrogen-bond donors (Lipinski definition) is 0. The third kappa shape index (κ3) is 4.13. The number of nitrogens with zero attached hydrogens (tertiary/aromatic N) is 2. The first-order chi connectivity index (χ1) is 13.2. The van der Waals surface area contributed by atoms with Crippen molar-refractivity contribution in [2.24, 2.45) is 0 Å². The molecule has 0 aliphatic carbocycles. The third-order valence-electron chi connectivity index (χ3n) is 4.18. The number of benzene rings is 1. The van der Waals surface area contributed by atoms with Gasteiger partial charge in [0.25, 0.3) is 0 Å². The van der Waals surface area contributed by atoms with Crippen molar-refractivity contribution in [3.63, 3.8) is 0 Å². The molecule has 28 heavy (non-hydrogen) atoms. The second kappa shape index (κ2) is 8.82. The van der Waals surface area contributed by atoms with Crippen molar-refractivity contribution in [1.82, 2.24) is 4.98 Å². The maximum atomic E-state index is 13.5. The van der Waals surface area contributed by atoms with Crippen LogP contribution in [0.4, 0.5) is 10.2 Å². The topological polar surface area (TPSA) is 68.7 Å². The second-order valence-corrected chi connectivity index (χ2v) is 6.71. The zero-order valence-electron chi connectivity index (χ0n) is 17.0. The van der Waals surface area contributed by atoms with Gasteiger partial charge in [0.1, 0.15) is 17.2 Å². The molecular formula is C21H25FN2O4. The molecule has 0 radical (unpaired) electrons. The summed E-state index contributed by atoms with van der Waals surface area (Å²) in [4.78, 5) is 31.9. The summed E-state index contributed by atoms with van der Waals surface area (Å²) in [7, 11) is 4.77. The molecule has 0 fully saturated rings. The minimum atomic E-state index is -0.619. The van der Waals surface area contributed by atoms with Gasteiger partial charge in [-0.3, -0.25) is 0 Å². The van der Waals surface area contributed by atoms with Gasteiger partial charge in [-0.2, -0.15) is 0 Å². The molecule has 0 amide bonds. The quantitative estimate of drug-likeness (QED) is 0.696. The molecule has 150 valence electrons. The van der Waals surface area contributed by atoms with Gasteiger partial charge < -0.3 is 14.4 Å². The second-order valence-electron chi connectivity index (χ2n) is 6.71. The summed E-state index contributed by atoms with van der Waals surface area (Å²) in [5, 5.41) is 0. The van der Waals surface area contributed by atoms with E-state index >= 15 is 0 Å². The maximum absolute atomic E-state index is 13.5. The number of carbonyl (C=O) groups is 2. The van der Waals surface area contributed by atoms with E-state index < -0.39 is 17.8 Å². The van der Waals surface area contributed by atoms with Gasteiger partial charge >= 0.3 is 11.9 Å². The fourth-order valence-corrected chi connectivity index (χ4v) is 2.94. The number of methoxy groups -OCH3 is 1. The van der Waals surface area contributed by atoms with Crippen molar-refractivity contribution in [2.75, 3.05) is 32.7 Å². The molecule has 1 aromatic heterocycles. The van der Waals surface area contributed by atoms with Crippen LogP contribution in [-0.2, 0) is 9.47 Å². The molecule has 0 spiro atoms. The van der Waals surface area contributed by atoms with Crippen LogP contribution in [0.15, 0.2) is 24.3 Å². The van der Waals surface area contributed by atoms with Crippen molar-refractivity contribution < 1.29 is 23.5 Å². The Kier molecular flexibility index (Phi) is 6.72. The predicted molar refractivity (Wildman–Crippen MR) is 105 cm³/mol. The van der Waals surface area contributed by atoms with E-state index in [2.05, 4.69) is 4.98 Å². The zero-order chi connectivity index (χ0) is 21.0. The Balaban J connectivity index is 3.04. The highest BCUT2D eigenvalue weighted by Gasteiger charge is 2.31. The van der Waals surface area contributed by atoms with Crippen molar-refractivity contribution in [3.8, 4) is 11.1 Å². The lowest BCUT2D eigenvalue weighted by Crippen LogP contribution is -2.23. The van der Waals surface area contributed by atoms with Gasteiger partial charge in [0.2, 0.25) is 0 Å². The fourth-order valence-electron chi connectivity index (χ4n) is 2.94. The number of pyridine rings is 1. The Bertz CT molecular complexity index is 877. The number of hydrogen-bond acceptors (Lipinski definition) is 6. The van der Waals surface area contributed by atoms with Crippen LogP contribution in [0.1, 0.15) is 53.1 Å². The minimum absolute atomic E-state index is 0.122. The molecule has 6 nitrogen and oxygen atoms in total. The predicted octanol–water partition coefficient (Wildman–Crippen LogP) is 4.04. The zero-order valence-corrected chi connectivity index (χ0v) is 17.0. The van der Waals surface area contributed by atoms with E-state index in [0.29, 0.717) is 22.6 Å². The highest BCUT2D eigenvalue weighted by Crippen LogP contribution is 2.38. The van der Waals surface area contributed by atoms with Crippen molar-refractivity contribution in [3.05, 3.63) is 46.9 Å².